The molecule has 0 amide bonds. The number of hydrogen-bond donors (Lipinski definition) is 1. The van der Waals surface area contributed by atoms with Gasteiger partial charge in [0.05, 0.1) is 18.8 Å². The Kier molecular flexibility index (Phi) is 4.06. The number of aryl methyl sites for hydroxylation is 2. The maximum Gasteiger partial charge on any atom is 0.123 e. The lowest BCUT2D eigenvalue weighted by molar-refractivity contribution is 0.413. The van der Waals surface area contributed by atoms with E-state index in [9.17, 15) is 0 Å². The van der Waals surface area contributed by atoms with Crippen molar-refractivity contribution in [1.29, 1.82) is 0 Å². The number of rotatable bonds is 4. The molecular weight excluding hydrogens is 256 g/mol. The van der Waals surface area contributed by atoms with Gasteiger partial charge in [0.25, 0.3) is 0 Å². The number of thiazole rings is 1. The van der Waals surface area contributed by atoms with Gasteiger partial charge < -0.3 is 9.88 Å². The number of imidazole rings is 1. The van der Waals surface area contributed by atoms with E-state index in [4.69, 9.17) is 0 Å². The van der Waals surface area contributed by atoms with E-state index in [-0.39, 0.29) is 5.54 Å². The summed E-state index contributed by atoms with van der Waals surface area (Å²) in [6.45, 7) is 12.2. The molecule has 2 aromatic rings. The minimum absolute atomic E-state index is 0.102. The Bertz CT molecular complexity index is 529. The third kappa shape index (κ3) is 3.88. The van der Waals surface area contributed by atoms with Crippen molar-refractivity contribution in [3.8, 4) is 0 Å². The molecular formula is C14H22N4S. The molecule has 19 heavy (non-hydrogen) atoms. The molecule has 0 aliphatic carbocycles. The van der Waals surface area contributed by atoms with Crippen molar-refractivity contribution in [1.82, 2.24) is 19.9 Å². The molecule has 0 aliphatic heterocycles. The molecule has 0 saturated heterocycles. The molecule has 0 aliphatic rings. The van der Waals surface area contributed by atoms with Crippen LogP contribution in [0.1, 0.15) is 42.2 Å². The van der Waals surface area contributed by atoms with E-state index in [2.05, 4.69) is 54.5 Å². The van der Waals surface area contributed by atoms with Crippen LogP contribution in [0.4, 0.5) is 0 Å². The summed E-state index contributed by atoms with van der Waals surface area (Å²) in [5.41, 5.74) is 1.24. The van der Waals surface area contributed by atoms with Gasteiger partial charge in [0.2, 0.25) is 0 Å². The molecule has 0 saturated carbocycles. The van der Waals surface area contributed by atoms with Crippen molar-refractivity contribution < 1.29 is 0 Å². The van der Waals surface area contributed by atoms with Gasteiger partial charge in [-0.1, -0.05) is 0 Å². The van der Waals surface area contributed by atoms with Crippen LogP contribution in [0.5, 0.6) is 0 Å². The SMILES string of the molecule is Cc1nc(Cn2ccnc2CNC(C)(C)C)sc1C. The molecule has 0 unspecified atom stereocenters. The van der Waals surface area contributed by atoms with Gasteiger partial charge in [-0.3, -0.25) is 0 Å². The van der Waals surface area contributed by atoms with Crippen molar-refractivity contribution in [2.24, 2.45) is 0 Å². The molecule has 4 nitrogen and oxygen atoms in total. The summed E-state index contributed by atoms with van der Waals surface area (Å²) in [5.74, 6) is 1.06. The van der Waals surface area contributed by atoms with E-state index in [0.29, 0.717) is 0 Å². The zero-order valence-electron chi connectivity index (χ0n) is 12.3. The monoisotopic (exact) mass is 278 g/mol. The first kappa shape index (κ1) is 14.2. The molecule has 0 aromatic carbocycles. The van der Waals surface area contributed by atoms with Gasteiger partial charge in [-0.2, -0.15) is 0 Å². The number of nitrogens with zero attached hydrogens (tertiary/aromatic N) is 3. The Hall–Kier alpha value is -1.20. The van der Waals surface area contributed by atoms with E-state index >= 15 is 0 Å². The molecule has 0 radical (unpaired) electrons. The standard InChI is InChI=1S/C14H22N4S/c1-10-11(2)19-13(17-10)9-18-7-6-15-12(18)8-16-14(3,4)5/h6-7,16H,8-9H2,1-5H3. The van der Waals surface area contributed by atoms with Gasteiger partial charge in [-0.25, -0.2) is 9.97 Å². The quantitative estimate of drug-likeness (QED) is 0.935. The Morgan fingerprint density at radius 3 is 2.63 bits per heavy atom. The summed E-state index contributed by atoms with van der Waals surface area (Å²) in [6.07, 6.45) is 3.87. The molecule has 2 heterocycles. The van der Waals surface area contributed by atoms with Crippen LogP contribution in [0, 0.1) is 13.8 Å². The molecule has 5 heteroatoms. The highest BCUT2D eigenvalue weighted by Gasteiger charge is 2.12. The van der Waals surface area contributed by atoms with Crippen molar-refractivity contribution in [3.63, 3.8) is 0 Å². The summed E-state index contributed by atoms with van der Waals surface area (Å²) < 4.78 is 2.16. The van der Waals surface area contributed by atoms with Gasteiger partial charge in [-0.15, -0.1) is 11.3 Å². The summed E-state index contributed by atoms with van der Waals surface area (Å²) in [7, 11) is 0. The predicted octanol–water partition coefficient (Wildman–Crippen LogP) is 2.89. The van der Waals surface area contributed by atoms with Gasteiger partial charge >= 0.3 is 0 Å². The summed E-state index contributed by atoms with van der Waals surface area (Å²) >= 11 is 1.76. The molecule has 0 atom stereocenters. The van der Waals surface area contributed by atoms with Crippen LogP contribution in [-0.2, 0) is 13.1 Å². The molecule has 0 bridgehead atoms. The first-order valence-corrected chi connectivity index (χ1v) is 7.35. The van der Waals surface area contributed by atoms with E-state index in [1.165, 1.54) is 4.88 Å². The highest BCUT2D eigenvalue weighted by atomic mass is 32.1. The minimum atomic E-state index is 0.102. The van der Waals surface area contributed by atoms with Gasteiger partial charge in [0.1, 0.15) is 10.8 Å². The van der Waals surface area contributed by atoms with Crippen molar-refractivity contribution in [2.45, 2.75) is 53.2 Å². The van der Waals surface area contributed by atoms with Crippen LogP contribution in [0.2, 0.25) is 0 Å². The van der Waals surface area contributed by atoms with Crippen LogP contribution in [0.15, 0.2) is 12.4 Å². The summed E-state index contributed by atoms with van der Waals surface area (Å²) in [5, 5.41) is 4.61. The van der Waals surface area contributed by atoms with E-state index in [1.54, 1.807) is 11.3 Å². The maximum atomic E-state index is 4.58. The van der Waals surface area contributed by atoms with Crippen molar-refractivity contribution in [3.05, 3.63) is 33.8 Å². The first-order valence-electron chi connectivity index (χ1n) is 6.53. The Balaban J connectivity index is 2.07. The second-order valence-electron chi connectivity index (χ2n) is 5.82. The maximum absolute atomic E-state index is 4.58. The van der Waals surface area contributed by atoms with Gasteiger partial charge in [0.15, 0.2) is 0 Å². The van der Waals surface area contributed by atoms with E-state index < -0.39 is 0 Å². The second kappa shape index (κ2) is 5.43. The second-order valence-corrected chi connectivity index (χ2v) is 7.11. The highest BCUT2D eigenvalue weighted by molar-refractivity contribution is 7.11. The molecule has 0 fully saturated rings. The van der Waals surface area contributed by atoms with Crippen LogP contribution in [0.25, 0.3) is 0 Å². The average molecular weight is 278 g/mol. The largest absolute Gasteiger partial charge is 0.327 e. The number of aromatic nitrogens is 3. The predicted molar refractivity (Wildman–Crippen MR) is 79.5 cm³/mol. The van der Waals surface area contributed by atoms with Crippen LogP contribution >= 0.6 is 11.3 Å². The molecule has 2 aromatic heterocycles. The van der Waals surface area contributed by atoms with Gasteiger partial charge in [-0.05, 0) is 34.6 Å². The Morgan fingerprint density at radius 2 is 2.05 bits per heavy atom. The number of hydrogen-bond acceptors (Lipinski definition) is 4. The van der Waals surface area contributed by atoms with Crippen LogP contribution in [0.3, 0.4) is 0 Å². The normalized spacial score (nSPS) is 12.1. The molecule has 1 N–H and O–H groups in total. The van der Waals surface area contributed by atoms with Crippen molar-refractivity contribution >= 4 is 11.3 Å². The zero-order chi connectivity index (χ0) is 14.0. The fourth-order valence-corrected chi connectivity index (χ4v) is 2.68. The fourth-order valence-electron chi connectivity index (χ4n) is 1.75. The average Bonchev–Trinajstić information content (AvgIpc) is 2.84. The Morgan fingerprint density at radius 1 is 1.32 bits per heavy atom. The highest BCUT2D eigenvalue weighted by Crippen LogP contribution is 2.18. The van der Waals surface area contributed by atoms with Gasteiger partial charge in [0, 0.05) is 22.8 Å². The zero-order valence-corrected chi connectivity index (χ0v) is 13.1. The van der Waals surface area contributed by atoms with E-state index in [1.807, 2.05) is 12.4 Å². The summed E-state index contributed by atoms with van der Waals surface area (Å²) in [4.78, 5) is 10.3. The van der Waals surface area contributed by atoms with Crippen LogP contribution < -0.4 is 5.32 Å². The lowest BCUT2D eigenvalue weighted by Gasteiger charge is -2.20. The third-order valence-corrected chi connectivity index (χ3v) is 4.01. The third-order valence-electron chi connectivity index (χ3n) is 2.96. The Labute approximate surface area is 118 Å². The topological polar surface area (TPSA) is 42.7 Å². The lowest BCUT2D eigenvalue weighted by atomic mass is 10.1. The lowest BCUT2D eigenvalue weighted by Crippen LogP contribution is -2.35. The van der Waals surface area contributed by atoms with E-state index in [0.717, 1.165) is 29.6 Å². The molecule has 104 valence electrons. The smallest absolute Gasteiger partial charge is 0.123 e. The molecule has 2 rings (SSSR count). The fraction of sp³-hybridized carbons (Fsp3) is 0.571. The van der Waals surface area contributed by atoms with Crippen LogP contribution in [-0.4, -0.2) is 20.1 Å². The first-order chi connectivity index (χ1) is 8.85. The number of nitrogens with one attached hydrogen (secondary N) is 1. The van der Waals surface area contributed by atoms with Crippen molar-refractivity contribution in [2.75, 3.05) is 0 Å². The minimum Gasteiger partial charge on any atom is -0.327 e. The molecule has 0 spiro atoms. The summed E-state index contributed by atoms with van der Waals surface area (Å²) in [6, 6.07) is 0.